The molecule has 19 nitrogen and oxygen atoms in total. The second kappa shape index (κ2) is 21.1. The number of hydrogen-bond acceptors (Lipinski definition) is 18. The van der Waals surface area contributed by atoms with Crippen molar-refractivity contribution in [2.75, 3.05) is 26.4 Å². The Balaban J connectivity index is 1.83. The first-order valence-corrected chi connectivity index (χ1v) is 24.1. The number of aliphatic hydroxyl groups excluding tert-OH is 1. The SMILES string of the molecule is CCOC(=O)N[C@H]([C@@H](O)C(=O)O[C@H]1C[C@@]2(O)[C@@H](OC(=O)c3ccccc3)[C@@H]3[C@]4(OC(C)=O)CO[C@@H]4C[C@H](OC(=O)OCC(Cl)(Cl)Cl)[C@@]3(C)C(=O)[C@H](OC(=O)OCC(Cl)(Cl)Cl)C(=C1C)C2(C)C)C(C)(C)C. The van der Waals surface area contributed by atoms with Crippen LogP contribution in [0.5, 0.6) is 0 Å². The second-order valence-corrected chi connectivity index (χ2v) is 24.3. The highest BCUT2D eigenvalue weighted by Crippen LogP contribution is 2.65. The Labute approximate surface area is 433 Å². The van der Waals surface area contributed by atoms with Crippen LogP contribution >= 0.6 is 69.6 Å². The van der Waals surface area contributed by atoms with E-state index in [0.717, 1.165) is 6.92 Å². The third kappa shape index (κ3) is 11.8. The van der Waals surface area contributed by atoms with Gasteiger partial charge in [0.1, 0.15) is 43.2 Å². The van der Waals surface area contributed by atoms with Gasteiger partial charge < -0.3 is 58.2 Å². The van der Waals surface area contributed by atoms with Crippen molar-refractivity contribution in [3.63, 3.8) is 0 Å². The molecule has 1 amide bonds. The summed E-state index contributed by atoms with van der Waals surface area (Å²) in [6.45, 7) is 10.7. The lowest BCUT2D eigenvalue weighted by molar-refractivity contribution is -0.346. The van der Waals surface area contributed by atoms with Crippen molar-refractivity contribution in [3.05, 3.63) is 47.0 Å². The number of ether oxygens (including phenoxy) is 9. The Kier molecular flexibility index (Phi) is 17.3. The third-order valence-corrected chi connectivity index (χ3v) is 14.0. The van der Waals surface area contributed by atoms with Crippen LogP contribution in [0.4, 0.5) is 14.4 Å². The molecule has 3 aliphatic carbocycles. The van der Waals surface area contributed by atoms with Crippen LogP contribution in [0.2, 0.25) is 0 Å². The van der Waals surface area contributed by atoms with Gasteiger partial charge in [-0.15, -0.1) is 0 Å². The number of fused-ring (bicyclic) bond motifs is 5. The molecule has 0 unspecified atom stereocenters. The quantitative estimate of drug-likeness (QED) is 0.0808. The molecule has 2 bridgehead atoms. The average molecular weight is 1110 g/mol. The molecule has 390 valence electrons. The molecule has 3 N–H and O–H groups in total. The topological polar surface area (TPSA) is 255 Å². The fraction of sp³-hybridized carbons (Fsp3) is 0.667. The van der Waals surface area contributed by atoms with Gasteiger partial charge in [-0.1, -0.05) is 122 Å². The van der Waals surface area contributed by atoms with E-state index in [-0.39, 0.29) is 23.3 Å². The minimum absolute atomic E-state index is 0.0292. The van der Waals surface area contributed by atoms with Gasteiger partial charge in [0, 0.05) is 25.2 Å². The lowest BCUT2D eigenvalue weighted by Gasteiger charge is -2.67. The van der Waals surface area contributed by atoms with Crippen LogP contribution in [0.3, 0.4) is 0 Å². The molecule has 1 saturated heterocycles. The number of carbonyl (C=O) groups is 7. The third-order valence-electron chi connectivity index (χ3n) is 13.3. The number of alkyl halides is 6. The molecule has 1 aliphatic heterocycles. The fourth-order valence-corrected chi connectivity index (χ4v) is 10.3. The van der Waals surface area contributed by atoms with E-state index in [2.05, 4.69) is 5.32 Å². The number of esters is 3. The van der Waals surface area contributed by atoms with E-state index in [4.69, 9.17) is 112 Å². The van der Waals surface area contributed by atoms with E-state index in [1.54, 1.807) is 33.8 Å². The van der Waals surface area contributed by atoms with E-state index in [9.17, 15) is 39.0 Å². The number of amides is 1. The molecular weight excluding hydrogens is 1060 g/mol. The molecule has 70 heavy (non-hydrogen) atoms. The second-order valence-electron chi connectivity index (χ2n) is 19.2. The maximum atomic E-state index is 16.2. The maximum absolute atomic E-state index is 16.2. The van der Waals surface area contributed by atoms with Crippen LogP contribution in [0.15, 0.2) is 41.5 Å². The Bertz CT molecular complexity index is 2230. The van der Waals surface area contributed by atoms with E-state index in [1.807, 2.05) is 0 Å². The number of alkyl carbamates (subject to hydrolysis) is 1. The zero-order chi connectivity index (χ0) is 52.7. The molecule has 1 aromatic carbocycles. The van der Waals surface area contributed by atoms with Gasteiger partial charge in [0.2, 0.25) is 7.59 Å². The Morgan fingerprint density at radius 3 is 1.94 bits per heavy atom. The van der Waals surface area contributed by atoms with Gasteiger partial charge in [-0.3, -0.25) is 9.59 Å². The van der Waals surface area contributed by atoms with Gasteiger partial charge >= 0.3 is 36.3 Å². The zero-order valence-electron chi connectivity index (χ0n) is 39.4. The normalized spacial score (nSPS) is 30.2. The van der Waals surface area contributed by atoms with Crippen LogP contribution in [0.25, 0.3) is 0 Å². The fourth-order valence-electron chi connectivity index (χ4n) is 9.98. The summed E-state index contributed by atoms with van der Waals surface area (Å²) >= 11 is 35.3. The number of halogens is 6. The summed E-state index contributed by atoms with van der Waals surface area (Å²) in [6, 6.07) is 6.14. The van der Waals surface area contributed by atoms with E-state index >= 15 is 4.79 Å². The standard InChI is InChI=1S/C45H55Cl6NO18/c1-10-62-36(58)52-31(39(4,5)6)28(54)35(57)66-24-17-43(61)33(69-34(56)23-14-12-11-13-15-23)30-41(9,32(55)29(27(21(24)2)40(43,7)8)68-38(60)65-20-45(49,50)51)25(67-37(59)64-19-44(46,47)48)16-26-42(30,18-63-26)70-22(3)53/h11-15,24-26,28-31,33,54,61H,10,16-20H2,1-9H3,(H,52,58)/t24-,25-,26+,28+,29+,30-,31+,33-,41+,42-,43+/m0/s1. The number of Topliss-reactive ketones (excluding diaryl/α,β-unsaturated/α-hetero) is 1. The highest BCUT2D eigenvalue weighted by atomic mass is 35.6. The number of nitrogens with one attached hydrogen (secondary N) is 1. The van der Waals surface area contributed by atoms with E-state index < -0.39 is 158 Å². The van der Waals surface area contributed by atoms with Crippen LogP contribution in [0, 0.1) is 22.2 Å². The lowest BCUT2D eigenvalue weighted by atomic mass is 9.44. The van der Waals surface area contributed by atoms with Gasteiger partial charge in [0.15, 0.2) is 23.6 Å². The van der Waals surface area contributed by atoms with Crippen LogP contribution < -0.4 is 5.32 Å². The van der Waals surface area contributed by atoms with Crippen LogP contribution in [0.1, 0.15) is 85.5 Å². The first kappa shape index (κ1) is 57.4. The van der Waals surface area contributed by atoms with Crippen molar-refractivity contribution in [3.8, 4) is 0 Å². The highest BCUT2D eigenvalue weighted by molar-refractivity contribution is 6.68. The van der Waals surface area contributed by atoms with Crippen molar-refractivity contribution in [2.45, 2.75) is 137 Å². The molecule has 1 aromatic rings. The predicted octanol–water partition coefficient (Wildman–Crippen LogP) is 7.22. The summed E-state index contributed by atoms with van der Waals surface area (Å²) < 4.78 is 47.2. The molecule has 0 radical (unpaired) electrons. The Hall–Kier alpha value is -3.53. The summed E-state index contributed by atoms with van der Waals surface area (Å²) in [7, 11) is 0. The Morgan fingerprint density at radius 2 is 1.44 bits per heavy atom. The summed E-state index contributed by atoms with van der Waals surface area (Å²) in [5, 5.41) is 28.0. The van der Waals surface area contributed by atoms with Gasteiger partial charge in [0.25, 0.3) is 0 Å². The van der Waals surface area contributed by atoms with Crippen molar-refractivity contribution < 1.29 is 86.4 Å². The summed E-state index contributed by atoms with van der Waals surface area (Å²) in [5.41, 5.74) is -10.3. The molecule has 0 aromatic heterocycles. The highest BCUT2D eigenvalue weighted by Gasteiger charge is 2.79. The Morgan fingerprint density at radius 1 is 0.871 bits per heavy atom. The monoisotopic (exact) mass is 1110 g/mol. The van der Waals surface area contributed by atoms with Gasteiger partial charge in [-0.25, -0.2) is 24.0 Å². The van der Waals surface area contributed by atoms with Gasteiger partial charge in [-0.2, -0.15) is 0 Å². The van der Waals surface area contributed by atoms with Crippen LogP contribution in [-0.2, 0) is 57.0 Å². The molecule has 25 heteroatoms. The molecule has 2 saturated carbocycles. The van der Waals surface area contributed by atoms with Gasteiger partial charge in [-0.05, 0) is 49.5 Å². The van der Waals surface area contributed by atoms with E-state index in [1.165, 1.54) is 52.0 Å². The molecule has 1 heterocycles. The van der Waals surface area contributed by atoms with Crippen LogP contribution in [-0.4, -0.2) is 140 Å². The van der Waals surface area contributed by atoms with Crippen molar-refractivity contribution >= 4 is 112 Å². The smallest absolute Gasteiger partial charge is 0.456 e. The lowest BCUT2D eigenvalue weighted by Crippen LogP contribution is -2.82. The summed E-state index contributed by atoms with van der Waals surface area (Å²) in [5.74, 6) is -6.29. The molecule has 4 aliphatic rings. The number of carbonyl (C=O) groups excluding carboxylic acids is 7. The van der Waals surface area contributed by atoms with E-state index in [0.29, 0.717) is 0 Å². The average Bonchev–Trinajstić information content (AvgIpc) is 3.23. The number of rotatable bonds is 12. The first-order chi connectivity index (χ1) is 32.1. The number of hydrogen-bond donors (Lipinski definition) is 3. The van der Waals surface area contributed by atoms with Crippen molar-refractivity contribution in [1.29, 1.82) is 0 Å². The summed E-state index contributed by atoms with van der Waals surface area (Å²) in [6.07, 6.45) is -16.3. The molecule has 11 atom stereocenters. The first-order valence-electron chi connectivity index (χ1n) is 21.8. The van der Waals surface area contributed by atoms with Crippen molar-refractivity contribution in [2.24, 2.45) is 22.2 Å². The molecule has 0 spiro atoms. The summed E-state index contributed by atoms with van der Waals surface area (Å²) in [4.78, 5) is 98.3. The number of aliphatic hydroxyl groups is 2. The predicted molar refractivity (Wildman–Crippen MR) is 249 cm³/mol. The molecule has 5 rings (SSSR count). The molecular formula is C45H55Cl6NO18. The number of ketones is 1. The molecule has 3 fully saturated rings. The number of benzene rings is 1. The minimum Gasteiger partial charge on any atom is -0.456 e. The van der Waals surface area contributed by atoms with Crippen molar-refractivity contribution in [1.82, 2.24) is 5.32 Å². The minimum atomic E-state index is -2.63. The van der Waals surface area contributed by atoms with Gasteiger partial charge in [0.05, 0.1) is 36.2 Å². The maximum Gasteiger partial charge on any atom is 0.509 e. The zero-order valence-corrected chi connectivity index (χ0v) is 44.0. The largest absolute Gasteiger partial charge is 0.509 e.